The van der Waals surface area contributed by atoms with E-state index < -0.39 is 15.1 Å². The van der Waals surface area contributed by atoms with Gasteiger partial charge in [-0.15, -0.1) is 0 Å². The topological polar surface area (TPSA) is 60.4 Å². The number of carbonyl (C=O) groups excluding carboxylic acids is 1. The lowest BCUT2D eigenvalue weighted by molar-refractivity contribution is 0.0980. The monoisotopic (exact) mass is 462 g/mol. The molecule has 0 unspecified atom stereocenters. The van der Waals surface area contributed by atoms with Crippen LogP contribution in [0.1, 0.15) is 33.2 Å². The van der Waals surface area contributed by atoms with Gasteiger partial charge in [-0.3, -0.25) is 4.79 Å². The fraction of sp³-hybridized carbons (Fsp3) is 0.174. The molecule has 0 spiro atoms. The van der Waals surface area contributed by atoms with Gasteiger partial charge in [-0.05, 0) is 48.9 Å². The molecule has 3 rings (SSSR count). The quantitative estimate of drug-likeness (QED) is 0.398. The molecule has 0 aromatic heterocycles. The Balaban J connectivity index is 2.07. The van der Waals surface area contributed by atoms with Gasteiger partial charge in [0, 0.05) is 22.0 Å². The maximum atomic E-state index is 13.5. The lowest BCUT2D eigenvalue weighted by atomic mass is 10.0. The van der Waals surface area contributed by atoms with Crippen molar-refractivity contribution in [2.45, 2.75) is 23.5 Å². The van der Waals surface area contributed by atoms with Crippen molar-refractivity contribution in [1.82, 2.24) is 0 Å². The average Bonchev–Trinajstić information content (AvgIpc) is 2.72. The van der Waals surface area contributed by atoms with Gasteiger partial charge in [0.15, 0.2) is 15.6 Å². The minimum atomic E-state index is -3.90. The molecule has 0 heterocycles. The van der Waals surface area contributed by atoms with Crippen LogP contribution < -0.4 is 4.74 Å². The van der Waals surface area contributed by atoms with E-state index in [0.717, 1.165) is 5.56 Å². The van der Waals surface area contributed by atoms with Crippen molar-refractivity contribution in [2.75, 3.05) is 7.11 Å². The van der Waals surface area contributed by atoms with Gasteiger partial charge < -0.3 is 4.74 Å². The molecule has 3 aromatic carbocycles. The van der Waals surface area contributed by atoms with Crippen LogP contribution in [0.5, 0.6) is 5.75 Å². The SMILES string of the molecule is COc1cccc(C(=O)C[C@H](c2ccc(Cl)cc2Cl)S(=O)(=O)c2ccc(C)cc2)c1. The van der Waals surface area contributed by atoms with E-state index in [9.17, 15) is 13.2 Å². The van der Waals surface area contributed by atoms with Crippen LogP contribution in [0.2, 0.25) is 10.0 Å². The summed E-state index contributed by atoms with van der Waals surface area (Å²) in [6, 6.07) is 17.7. The predicted molar refractivity (Wildman–Crippen MR) is 120 cm³/mol. The van der Waals surface area contributed by atoms with E-state index in [1.165, 1.54) is 25.3 Å². The Morgan fingerprint density at radius 1 is 1.00 bits per heavy atom. The molecule has 7 heteroatoms. The van der Waals surface area contributed by atoms with Crippen molar-refractivity contribution in [2.24, 2.45) is 0 Å². The molecule has 0 bridgehead atoms. The molecule has 0 saturated carbocycles. The van der Waals surface area contributed by atoms with E-state index in [1.807, 2.05) is 6.92 Å². The average molecular weight is 463 g/mol. The lowest BCUT2D eigenvalue weighted by Crippen LogP contribution is -2.18. The number of aryl methyl sites for hydroxylation is 1. The van der Waals surface area contributed by atoms with Crippen LogP contribution in [-0.4, -0.2) is 21.3 Å². The van der Waals surface area contributed by atoms with E-state index in [-0.39, 0.29) is 22.1 Å². The summed E-state index contributed by atoms with van der Waals surface area (Å²) in [6.07, 6.45) is -0.273. The molecule has 0 saturated heterocycles. The molecule has 0 radical (unpaired) electrons. The van der Waals surface area contributed by atoms with Gasteiger partial charge in [-0.1, -0.05) is 59.1 Å². The molecule has 0 aliphatic rings. The Kier molecular flexibility index (Phi) is 6.86. The molecule has 0 amide bonds. The van der Waals surface area contributed by atoms with Crippen LogP contribution in [0.15, 0.2) is 71.6 Å². The highest BCUT2D eigenvalue weighted by Gasteiger charge is 2.33. The molecule has 3 aromatic rings. The van der Waals surface area contributed by atoms with E-state index in [4.69, 9.17) is 27.9 Å². The maximum Gasteiger partial charge on any atom is 0.185 e. The van der Waals surface area contributed by atoms with Crippen molar-refractivity contribution >= 4 is 38.8 Å². The minimum Gasteiger partial charge on any atom is -0.497 e. The van der Waals surface area contributed by atoms with Crippen LogP contribution in [0.4, 0.5) is 0 Å². The fourth-order valence-corrected chi connectivity index (χ4v) is 5.48. The molecule has 0 fully saturated rings. The van der Waals surface area contributed by atoms with E-state index >= 15 is 0 Å². The Hall–Kier alpha value is -2.34. The van der Waals surface area contributed by atoms with Gasteiger partial charge in [0.2, 0.25) is 0 Å². The first-order valence-electron chi connectivity index (χ1n) is 9.15. The zero-order chi connectivity index (χ0) is 21.9. The summed E-state index contributed by atoms with van der Waals surface area (Å²) in [5.41, 5.74) is 1.63. The second kappa shape index (κ2) is 9.21. The van der Waals surface area contributed by atoms with Crippen molar-refractivity contribution in [3.8, 4) is 5.75 Å². The standard InChI is InChI=1S/C23H20Cl2O4S/c1-15-6-9-19(10-7-15)30(27,28)23(20-11-8-17(24)13-21(20)25)14-22(26)16-4-3-5-18(12-16)29-2/h3-13,23H,14H2,1-2H3/t23-/m1/s1. The van der Waals surface area contributed by atoms with Crippen LogP contribution in [0, 0.1) is 6.92 Å². The highest BCUT2D eigenvalue weighted by atomic mass is 35.5. The van der Waals surface area contributed by atoms with E-state index in [2.05, 4.69) is 0 Å². The molecular formula is C23H20Cl2O4S. The third kappa shape index (κ3) is 4.86. The number of carbonyl (C=O) groups is 1. The first-order chi connectivity index (χ1) is 14.2. The molecule has 156 valence electrons. The van der Waals surface area contributed by atoms with Gasteiger partial charge in [-0.25, -0.2) is 8.42 Å². The van der Waals surface area contributed by atoms with Gasteiger partial charge in [-0.2, -0.15) is 0 Å². The van der Waals surface area contributed by atoms with E-state index in [0.29, 0.717) is 21.9 Å². The molecule has 0 N–H and O–H groups in total. The summed E-state index contributed by atoms with van der Waals surface area (Å²) < 4.78 is 32.2. The summed E-state index contributed by atoms with van der Waals surface area (Å²) in [6.45, 7) is 1.87. The lowest BCUT2D eigenvalue weighted by Gasteiger charge is -2.19. The summed E-state index contributed by atoms with van der Waals surface area (Å²) in [5.74, 6) is 0.184. The Morgan fingerprint density at radius 2 is 1.70 bits per heavy atom. The summed E-state index contributed by atoms with van der Waals surface area (Å²) in [4.78, 5) is 13.1. The van der Waals surface area contributed by atoms with Crippen LogP contribution in [-0.2, 0) is 9.84 Å². The molecule has 1 atom stereocenters. The molecule has 0 aliphatic carbocycles. The molecule has 4 nitrogen and oxygen atoms in total. The Bertz CT molecular complexity index is 1170. The first-order valence-corrected chi connectivity index (χ1v) is 11.5. The predicted octanol–water partition coefficient (Wildman–Crippen LogP) is 6.10. The summed E-state index contributed by atoms with van der Waals surface area (Å²) in [5, 5.41) is -0.584. The molecular weight excluding hydrogens is 443 g/mol. The number of rotatable bonds is 7. The number of methoxy groups -OCH3 is 1. The van der Waals surface area contributed by atoms with E-state index in [1.54, 1.807) is 48.5 Å². The number of ether oxygens (including phenoxy) is 1. The summed E-state index contributed by atoms with van der Waals surface area (Å²) in [7, 11) is -2.40. The largest absolute Gasteiger partial charge is 0.497 e. The molecule has 0 aliphatic heterocycles. The number of hydrogen-bond acceptors (Lipinski definition) is 4. The second-order valence-electron chi connectivity index (χ2n) is 6.87. The number of hydrogen-bond donors (Lipinski definition) is 0. The number of Topliss-reactive ketones (excluding diaryl/α,β-unsaturated/α-hetero) is 1. The Labute approximate surface area is 186 Å². The Morgan fingerprint density at radius 3 is 2.33 bits per heavy atom. The smallest absolute Gasteiger partial charge is 0.185 e. The van der Waals surface area contributed by atoms with Crippen molar-refractivity contribution in [1.29, 1.82) is 0 Å². The van der Waals surface area contributed by atoms with Gasteiger partial charge >= 0.3 is 0 Å². The van der Waals surface area contributed by atoms with Crippen LogP contribution in [0.25, 0.3) is 0 Å². The molecule has 30 heavy (non-hydrogen) atoms. The number of ketones is 1. The second-order valence-corrected chi connectivity index (χ2v) is 9.85. The van der Waals surface area contributed by atoms with Crippen molar-refractivity contribution in [3.05, 3.63) is 93.5 Å². The normalized spacial score (nSPS) is 12.4. The highest BCUT2D eigenvalue weighted by Crippen LogP contribution is 2.38. The van der Waals surface area contributed by atoms with Crippen molar-refractivity contribution in [3.63, 3.8) is 0 Å². The third-order valence-corrected chi connectivity index (χ3v) is 7.46. The van der Waals surface area contributed by atoms with Crippen LogP contribution >= 0.6 is 23.2 Å². The number of sulfone groups is 1. The third-order valence-electron chi connectivity index (χ3n) is 4.80. The highest BCUT2D eigenvalue weighted by molar-refractivity contribution is 7.91. The fourth-order valence-electron chi connectivity index (χ4n) is 3.12. The van der Waals surface area contributed by atoms with Gasteiger partial charge in [0.25, 0.3) is 0 Å². The van der Waals surface area contributed by atoms with Crippen molar-refractivity contribution < 1.29 is 17.9 Å². The van der Waals surface area contributed by atoms with Gasteiger partial charge in [0.1, 0.15) is 5.75 Å². The number of benzene rings is 3. The zero-order valence-electron chi connectivity index (χ0n) is 16.4. The van der Waals surface area contributed by atoms with Crippen LogP contribution in [0.3, 0.4) is 0 Å². The number of halogens is 2. The van der Waals surface area contributed by atoms with Gasteiger partial charge in [0.05, 0.1) is 17.3 Å². The zero-order valence-corrected chi connectivity index (χ0v) is 18.8. The maximum absolute atomic E-state index is 13.5. The minimum absolute atomic E-state index is 0.127. The first kappa shape index (κ1) is 22.3. The summed E-state index contributed by atoms with van der Waals surface area (Å²) >= 11 is 12.3.